The predicted molar refractivity (Wildman–Crippen MR) is 105 cm³/mol. The molecule has 0 unspecified atom stereocenters. The Balaban J connectivity index is 2.12. The largest absolute Gasteiger partial charge is 0.357 e. The molecular formula is C19H22N4OS. The Morgan fingerprint density at radius 1 is 1.36 bits per heavy atom. The molecule has 6 heteroatoms. The van der Waals surface area contributed by atoms with Crippen LogP contribution in [0.15, 0.2) is 60.9 Å². The first-order valence-corrected chi connectivity index (χ1v) is 8.77. The number of anilines is 1. The third kappa shape index (κ3) is 4.87. The number of carbonyl (C=O) groups is 1. The Bertz CT molecular complexity index is 807. The van der Waals surface area contributed by atoms with Crippen molar-refractivity contribution in [1.29, 1.82) is 0 Å². The third-order valence-electron chi connectivity index (χ3n) is 3.57. The number of allylic oxidation sites excluding steroid dienone is 3. The Hall–Kier alpha value is -2.73. The molecule has 0 spiro atoms. The fraction of sp³-hybridized carbons (Fsp3) is 0.211. The Kier molecular flexibility index (Phi) is 6.65. The molecule has 2 aromatic heterocycles. The summed E-state index contributed by atoms with van der Waals surface area (Å²) in [5, 5.41) is 5.93. The van der Waals surface area contributed by atoms with Crippen LogP contribution in [0.5, 0.6) is 0 Å². The number of amides is 1. The molecule has 0 aliphatic carbocycles. The Morgan fingerprint density at radius 2 is 2.16 bits per heavy atom. The van der Waals surface area contributed by atoms with Crippen LogP contribution in [0.3, 0.4) is 0 Å². The molecule has 2 N–H and O–H groups in total. The van der Waals surface area contributed by atoms with Gasteiger partial charge < -0.3 is 10.6 Å². The van der Waals surface area contributed by atoms with Crippen LogP contribution in [0.1, 0.15) is 23.5 Å². The topological polar surface area (TPSA) is 66.9 Å². The molecule has 2 heterocycles. The van der Waals surface area contributed by atoms with Crippen LogP contribution in [0, 0.1) is 0 Å². The number of nitrogens with zero attached hydrogens (tertiary/aromatic N) is 2. The number of carbonyl (C=O) groups excluding carboxylic acids is 1. The molecule has 130 valence electrons. The monoisotopic (exact) mass is 354 g/mol. The van der Waals surface area contributed by atoms with E-state index in [4.69, 9.17) is 0 Å². The van der Waals surface area contributed by atoms with Gasteiger partial charge in [0, 0.05) is 13.2 Å². The zero-order valence-corrected chi connectivity index (χ0v) is 15.4. The summed E-state index contributed by atoms with van der Waals surface area (Å²) in [4.78, 5) is 22.6. The van der Waals surface area contributed by atoms with Crippen LogP contribution in [-0.4, -0.2) is 29.0 Å². The van der Waals surface area contributed by atoms with Crippen molar-refractivity contribution >= 4 is 23.2 Å². The highest BCUT2D eigenvalue weighted by atomic mass is 32.1. The van der Waals surface area contributed by atoms with Gasteiger partial charge in [0.25, 0.3) is 5.91 Å². The first-order valence-electron chi connectivity index (χ1n) is 7.96. The summed E-state index contributed by atoms with van der Waals surface area (Å²) in [6, 6.07) is 5.46. The van der Waals surface area contributed by atoms with Crippen LogP contribution in [0.25, 0.3) is 10.6 Å². The number of aromatic nitrogens is 2. The molecule has 1 amide bonds. The van der Waals surface area contributed by atoms with Crippen molar-refractivity contribution in [2.75, 3.05) is 12.4 Å². The summed E-state index contributed by atoms with van der Waals surface area (Å²) in [6.07, 6.45) is 9.18. The molecule has 0 aromatic carbocycles. The van der Waals surface area contributed by atoms with Crippen molar-refractivity contribution in [2.45, 2.75) is 19.9 Å². The molecule has 5 nitrogen and oxygen atoms in total. The van der Waals surface area contributed by atoms with Crippen molar-refractivity contribution in [3.05, 3.63) is 65.7 Å². The molecule has 0 aliphatic heterocycles. The number of thiophene rings is 1. The highest BCUT2D eigenvalue weighted by Crippen LogP contribution is 2.27. The average molecular weight is 354 g/mol. The number of nitrogens with one attached hydrogen (secondary N) is 2. The molecule has 0 aliphatic rings. The van der Waals surface area contributed by atoms with Gasteiger partial charge in [0.1, 0.15) is 0 Å². The summed E-state index contributed by atoms with van der Waals surface area (Å²) >= 11 is 1.41. The second-order valence-electron chi connectivity index (χ2n) is 5.26. The average Bonchev–Trinajstić information content (AvgIpc) is 3.12. The van der Waals surface area contributed by atoms with E-state index in [1.807, 2.05) is 50.3 Å². The second kappa shape index (κ2) is 8.94. The number of rotatable bonds is 7. The molecule has 0 fully saturated rings. The van der Waals surface area contributed by atoms with E-state index in [1.54, 1.807) is 19.3 Å². The predicted octanol–water partition coefficient (Wildman–Crippen LogP) is 4.05. The van der Waals surface area contributed by atoms with Crippen LogP contribution in [0.2, 0.25) is 0 Å². The minimum absolute atomic E-state index is 0.0887. The van der Waals surface area contributed by atoms with Gasteiger partial charge in [-0.3, -0.25) is 4.79 Å². The summed E-state index contributed by atoms with van der Waals surface area (Å²) < 4.78 is 0. The highest BCUT2D eigenvalue weighted by molar-refractivity contribution is 7.17. The van der Waals surface area contributed by atoms with Gasteiger partial charge in [-0.15, -0.1) is 11.3 Å². The highest BCUT2D eigenvalue weighted by Gasteiger charge is 2.15. The quantitative estimate of drug-likeness (QED) is 0.736. The fourth-order valence-electron chi connectivity index (χ4n) is 2.23. The molecule has 0 saturated carbocycles. The number of hydrogen-bond donors (Lipinski definition) is 2. The van der Waals surface area contributed by atoms with E-state index in [-0.39, 0.29) is 11.9 Å². The lowest BCUT2D eigenvalue weighted by atomic mass is 10.1. The molecule has 0 saturated heterocycles. The van der Waals surface area contributed by atoms with Crippen molar-refractivity contribution in [3.63, 3.8) is 0 Å². The standard InChI is InChI=1S/C19H22N4OS/c1-5-7-8-14(6-2)13(3)22-18(24)17-10-9-16(25-17)15-11-12-21-19(20-4)23-15/h5-13H,1H2,2-4H3,(H,22,24)(H,20,21,23)/b8-7-,14-6+/t13-/m1/s1. The minimum atomic E-state index is -0.0991. The van der Waals surface area contributed by atoms with Crippen molar-refractivity contribution in [2.24, 2.45) is 0 Å². The van der Waals surface area contributed by atoms with Gasteiger partial charge in [-0.1, -0.05) is 30.9 Å². The van der Waals surface area contributed by atoms with Gasteiger partial charge in [0.2, 0.25) is 5.95 Å². The SMILES string of the molecule is C=C/C=C\C(=C/C)[C@@H](C)NC(=O)c1ccc(-c2ccnc(NC)n2)s1. The lowest BCUT2D eigenvalue weighted by molar-refractivity contribution is 0.0950. The zero-order chi connectivity index (χ0) is 18.2. The van der Waals surface area contributed by atoms with E-state index in [0.29, 0.717) is 10.8 Å². The van der Waals surface area contributed by atoms with Gasteiger partial charge in [-0.2, -0.15) is 0 Å². The number of hydrogen-bond acceptors (Lipinski definition) is 5. The maximum Gasteiger partial charge on any atom is 0.261 e. The van der Waals surface area contributed by atoms with Crippen molar-refractivity contribution in [3.8, 4) is 10.6 Å². The van der Waals surface area contributed by atoms with E-state index in [0.717, 1.165) is 16.1 Å². The van der Waals surface area contributed by atoms with Crippen LogP contribution in [0.4, 0.5) is 5.95 Å². The smallest absolute Gasteiger partial charge is 0.261 e. The van der Waals surface area contributed by atoms with E-state index in [9.17, 15) is 4.79 Å². The molecule has 2 aromatic rings. The van der Waals surface area contributed by atoms with Crippen molar-refractivity contribution in [1.82, 2.24) is 15.3 Å². The van der Waals surface area contributed by atoms with Crippen LogP contribution in [-0.2, 0) is 0 Å². The molecular weight excluding hydrogens is 332 g/mol. The summed E-state index contributed by atoms with van der Waals surface area (Å²) in [5.41, 5.74) is 1.82. The van der Waals surface area contributed by atoms with Crippen molar-refractivity contribution < 1.29 is 4.79 Å². The van der Waals surface area contributed by atoms with Gasteiger partial charge in [0.05, 0.1) is 21.5 Å². The fourth-order valence-corrected chi connectivity index (χ4v) is 3.11. The second-order valence-corrected chi connectivity index (χ2v) is 6.34. The summed E-state index contributed by atoms with van der Waals surface area (Å²) in [7, 11) is 1.77. The first kappa shape index (κ1) is 18.6. The van der Waals surface area contributed by atoms with Crippen LogP contribution >= 0.6 is 11.3 Å². The summed E-state index contributed by atoms with van der Waals surface area (Å²) in [6.45, 7) is 7.57. The molecule has 0 bridgehead atoms. The first-order chi connectivity index (χ1) is 12.1. The van der Waals surface area contributed by atoms with E-state index >= 15 is 0 Å². The van der Waals surface area contributed by atoms with Gasteiger partial charge in [0.15, 0.2) is 0 Å². The molecule has 1 atom stereocenters. The molecule has 25 heavy (non-hydrogen) atoms. The third-order valence-corrected chi connectivity index (χ3v) is 4.67. The maximum absolute atomic E-state index is 12.5. The Labute approximate surface area is 152 Å². The zero-order valence-electron chi connectivity index (χ0n) is 14.6. The van der Waals surface area contributed by atoms with E-state index in [2.05, 4.69) is 27.2 Å². The maximum atomic E-state index is 12.5. The minimum Gasteiger partial charge on any atom is -0.357 e. The van der Waals surface area contributed by atoms with Crippen LogP contribution < -0.4 is 10.6 Å². The molecule has 0 radical (unpaired) electrons. The van der Waals surface area contributed by atoms with E-state index < -0.39 is 0 Å². The lowest BCUT2D eigenvalue weighted by Crippen LogP contribution is -2.33. The lowest BCUT2D eigenvalue weighted by Gasteiger charge is -2.14. The van der Waals surface area contributed by atoms with E-state index in [1.165, 1.54) is 11.3 Å². The normalized spacial score (nSPS) is 12.8. The van der Waals surface area contributed by atoms with Gasteiger partial charge in [-0.25, -0.2) is 9.97 Å². The summed E-state index contributed by atoms with van der Waals surface area (Å²) in [5.74, 6) is 0.454. The van der Waals surface area contributed by atoms with Gasteiger partial charge >= 0.3 is 0 Å². The Morgan fingerprint density at radius 3 is 2.84 bits per heavy atom. The molecule has 2 rings (SSSR count). The van der Waals surface area contributed by atoms with Gasteiger partial charge in [-0.05, 0) is 37.6 Å².